The second kappa shape index (κ2) is 6.43. The standard InChI is InChI=1S/C11H15NO2.ClH/c1-2-8-3-5-9(6-4-8)7-10(12)11(13)14;/h3-6,10H,2,7,12H2,1H3,(H,13,14);1H/t10-;/m0./s1. The van der Waals surface area contributed by atoms with E-state index in [0.717, 1.165) is 12.0 Å². The van der Waals surface area contributed by atoms with Gasteiger partial charge in [-0.3, -0.25) is 4.79 Å². The summed E-state index contributed by atoms with van der Waals surface area (Å²) in [6, 6.07) is 7.07. The highest BCUT2D eigenvalue weighted by molar-refractivity contribution is 5.85. The van der Waals surface area contributed by atoms with Crippen LogP contribution in [0.3, 0.4) is 0 Å². The number of carboxylic acids is 1. The van der Waals surface area contributed by atoms with Crippen molar-refractivity contribution in [1.82, 2.24) is 0 Å². The Bertz CT molecular complexity index is 311. The van der Waals surface area contributed by atoms with Gasteiger partial charge in [-0.05, 0) is 24.0 Å². The molecule has 4 heteroatoms. The third-order valence-electron chi connectivity index (χ3n) is 2.20. The van der Waals surface area contributed by atoms with E-state index in [1.165, 1.54) is 5.56 Å². The molecule has 3 N–H and O–H groups in total. The minimum atomic E-state index is -0.954. The zero-order valence-corrected chi connectivity index (χ0v) is 9.46. The predicted octanol–water partition coefficient (Wildman–Crippen LogP) is 1.63. The molecule has 0 spiro atoms. The molecule has 0 saturated heterocycles. The maximum absolute atomic E-state index is 10.5. The lowest BCUT2D eigenvalue weighted by Gasteiger charge is -2.06. The lowest BCUT2D eigenvalue weighted by Crippen LogP contribution is -2.32. The Balaban J connectivity index is 0.00000196. The molecule has 0 radical (unpaired) electrons. The van der Waals surface area contributed by atoms with Crippen LogP contribution in [-0.4, -0.2) is 17.1 Å². The molecular formula is C11H16ClNO2. The number of rotatable bonds is 4. The molecule has 0 aromatic heterocycles. The quantitative estimate of drug-likeness (QED) is 0.825. The van der Waals surface area contributed by atoms with Crippen molar-refractivity contribution in [1.29, 1.82) is 0 Å². The summed E-state index contributed by atoms with van der Waals surface area (Å²) in [5.41, 5.74) is 7.64. The third kappa shape index (κ3) is 4.32. The van der Waals surface area contributed by atoms with Crippen LogP contribution in [0.1, 0.15) is 18.1 Å². The van der Waals surface area contributed by atoms with Crippen LogP contribution in [0.4, 0.5) is 0 Å². The molecule has 0 saturated carbocycles. The van der Waals surface area contributed by atoms with E-state index in [9.17, 15) is 4.79 Å². The molecule has 1 aromatic carbocycles. The molecule has 15 heavy (non-hydrogen) atoms. The molecule has 0 aliphatic carbocycles. The van der Waals surface area contributed by atoms with Crippen molar-refractivity contribution in [3.05, 3.63) is 35.4 Å². The summed E-state index contributed by atoms with van der Waals surface area (Å²) in [5, 5.41) is 8.62. The number of hydrogen-bond acceptors (Lipinski definition) is 2. The zero-order chi connectivity index (χ0) is 10.6. The molecule has 0 unspecified atom stereocenters. The van der Waals surface area contributed by atoms with Crippen molar-refractivity contribution in [2.45, 2.75) is 25.8 Å². The Morgan fingerprint density at radius 1 is 1.33 bits per heavy atom. The maximum Gasteiger partial charge on any atom is 0.320 e. The SMILES string of the molecule is CCc1ccc(C[C@H](N)C(=O)O)cc1.Cl. The van der Waals surface area contributed by atoms with Crippen molar-refractivity contribution in [3.8, 4) is 0 Å². The van der Waals surface area contributed by atoms with Crippen molar-refractivity contribution >= 4 is 18.4 Å². The topological polar surface area (TPSA) is 63.3 Å². The van der Waals surface area contributed by atoms with Crippen LogP contribution < -0.4 is 5.73 Å². The minimum Gasteiger partial charge on any atom is -0.480 e. The van der Waals surface area contributed by atoms with E-state index in [2.05, 4.69) is 6.92 Å². The monoisotopic (exact) mass is 229 g/mol. The normalized spacial score (nSPS) is 11.6. The first-order chi connectivity index (χ1) is 6.63. The highest BCUT2D eigenvalue weighted by Gasteiger charge is 2.11. The van der Waals surface area contributed by atoms with E-state index in [1.807, 2.05) is 24.3 Å². The van der Waals surface area contributed by atoms with Crippen molar-refractivity contribution in [3.63, 3.8) is 0 Å². The summed E-state index contributed by atoms with van der Waals surface area (Å²) in [7, 11) is 0. The number of halogens is 1. The van der Waals surface area contributed by atoms with E-state index in [-0.39, 0.29) is 12.4 Å². The van der Waals surface area contributed by atoms with E-state index < -0.39 is 12.0 Å². The Morgan fingerprint density at radius 3 is 2.20 bits per heavy atom. The molecule has 84 valence electrons. The van der Waals surface area contributed by atoms with E-state index in [4.69, 9.17) is 10.8 Å². The Labute approximate surface area is 95.7 Å². The molecular weight excluding hydrogens is 214 g/mol. The lowest BCUT2D eigenvalue weighted by molar-refractivity contribution is -0.138. The van der Waals surface area contributed by atoms with Crippen molar-refractivity contribution in [2.24, 2.45) is 5.73 Å². The molecule has 0 bridgehead atoms. The van der Waals surface area contributed by atoms with Gasteiger partial charge in [-0.15, -0.1) is 12.4 Å². The maximum atomic E-state index is 10.5. The summed E-state index contributed by atoms with van der Waals surface area (Å²) in [4.78, 5) is 10.5. The second-order valence-corrected chi connectivity index (χ2v) is 3.32. The summed E-state index contributed by atoms with van der Waals surface area (Å²) in [5.74, 6) is -0.954. The highest BCUT2D eigenvalue weighted by Crippen LogP contribution is 2.06. The van der Waals surface area contributed by atoms with Crippen LogP contribution in [0.2, 0.25) is 0 Å². The first kappa shape index (κ1) is 13.9. The van der Waals surface area contributed by atoms with Crippen molar-refractivity contribution in [2.75, 3.05) is 0 Å². The van der Waals surface area contributed by atoms with E-state index in [0.29, 0.717) is 6.42 Å². The second-order valence-electron chi connectivity index (χ2n) is 3.32. The Morgan fingerprint density at radius 2 is 1.80 bits per heavy atom. The number of carbonyl (C=O) groups is 1. The average molecular weight is 230 g/mol. The molecule has 1 rings (SSSR count). The van der Waals surface area contributed by atoms with Crippen LogP contribution in [0.5, 0.6) is 0 Å². The molecule has 1 atom stereocenters. The molecule has 1 aromatic rings. The van der Waals surface area contributed by atoms with Gasteiger partial charge in [0, 0.05) is 0 Å². The van der Waals surface area contributed by atoms with E-state index >= 15 is 0 Å². The number of aliphatic carboxylic acids is 1. The average Bonchev–Trinajstić information content (AvgIpc) is 2.19. The molecule has 0 aliphatic rings. The van der Waals surface area contributed by atoms with Gasteiger partial charge in [-0.1, -0.05) is 31.2 Å². The molecule has 0 heterocycles. The fourth-order valence-electron chi connectivity index (χ4n) is 1.25. The van der Waals surface area contributed by atoms with Gasteiger partial charge >= 0.3 is 5.97 Å². The highest BCUT2D eigenvalue weighted by atomic mass is 35.5. The van der Waals surface area contributed by atoms with Gasteiger partial charge < -0.3 is 10.8 Å². The summed E-state index contributed by atoms with van der Waals surface area (Å²) in [6.07, 6.45) is 1.38. The van der Waals surface area contributed by atoms with Gasteiger partial charge in [-0.2, -0.15) is 0 Å². The van der Waals surface area contributed by atoms with Gasteiger partial charge in [-0.25, -0.2) is 0 Å². The van der Waals surface area contributed by atoms with Gasteiger partial charge in [0.2, 0.25) is 0 Å². The van der Waals surface area contributed by atoms with Gasteiger partial charge in [0.15, 0.2) is 0 Å². The van der Waals surface area contributed by atoms with Crippen LogP contribution in [0, 0.1) is 0 Å². The first-order valence-electron chi connectivity index (χ1n) is 4.69. The molecule has 3 nitrogen and oxygen atoms in total. The van der Waals surface area contributed by atoms with Crippen LogP contribution >= 0.6 is 12.4 Å². The van der Waals surface area contributed by atoms with Crippen LogP contribution in [-0.2, 0) is 17.6 Å². The first-order valence-corrected chi connectivity index (χ1v) is 4.69. The number of benzene rings is 1. The smallest absolute Gasteiger partial charge is 0.320 e. The molecule has 0 amide bonds. The van der Waals surface area contributed by atoms with Gasteiger partial charge in [0.05, 0.1) is 0 Å². The minimum absolute atomic E-state index is 0. The van der Waals surface area contributed by atoms with E-state index in [1.54, 1.807) is 0 Å². The Kier molecular flexibility index (Phi) is 5.97. The molecule has 0 fully saturated rings. The zero-order valence-electron chi connectivity index (χ0n) is 8.64. The van der Waals surface area contributed by atoms with Crippen LogP contribution in [0.25, 0.3) is 0 Å². The fourth-order valence-corrected chi connectivity index (χ4v) is 1.25. The fraction of sp³-hybridized carbons (Fsp3) is 0.364. The number of nitrogens with two attached hydrogens (primary N) is 1. The summed E-state index contributed by atoms with van der Waals surface area (Å²) < 4.78 is 0. The number of aryl methyl sites for hydroxylation is 1. The van der Waals surface area contributed by atoms with Gasteiger partial charge in [0.1, 0.15) is 6.04 Å². The summed E-state index contributed by atoms with van der Waals surface area (Å²) in [6.45, 7) is 2.08. The molecule has 0 aliphatic heterocycles. The van der Waals surface area contributed by atoms with Gasteiger partial charge in [0.25, 0.3) is 0 Å². The number of carboxylic acid groups (broad SMARTS) is 1. The predicted molar refractivity (Wildman–Crippen MR) is 62.4 cm³/mol. The van der Waals surface area contributed by atoms with Crippen LogP contribution in [0.15, 0.2) is 24.3 Å². The van der Waals surface area contributed by atoms with Crippen molar-refractivity contribution < 1.29 is 9.90 Å². The third-order valence-corrected chi connectivity index (χ3v) is 2.20. The largest absolute Gasteiger partial charge is 0.480 e. The lowest BCUT2D eigenvalue weighted by atomic mass is 10.0. The Hall–Kier alpha value is -1.06. The number of hydrogen-bond donors (Lipinski definition) is 2. The summed E-state index contributed by atoms with van der Waals surface area (Å²) >= 11 is 0.